The highest BCUT2D eigenvalue weighted by atomic mass is 32.2. The molecule has 2 rings (SSSR count). The molecule has 2 amide bonds. The van der Waals surface area contributed by atoms with Crippen LogP contribution in [-0.2, 0) is 0 Å². The summed E-state index contributed by atoms with van der Waals surface area (Å²) in [6.07, 6.45) is 2.62. The van der Waals surface area contributed by atoms with Crippen molar-refractivity contribution in [3.8, 4) is 0 Å². The summed E-state index contributed by atoms with van der Waals surface area (Å²) in [5, 5.41) is 14.9. The van der Waals surface area contributed by atoms with E-state index >= 15 is 0 Å². The molecule has 0 saturated carbocycles. The first-order valence-electron chi connectivity index (χ1n) is 7.57. The van der Waals surface area contributed by atoms with Gasteiger partial charge >= 0.3 is 6.03 Å². The van der Waals surface area contributed by atoms with Crippen LogP contribution in [0.3, 0.4) is 0 Å². The molecule has 122 valence electrons. The number of hydrogen-bond donors (Lipinski definition) is 3. The van der Waals surface area contributed by atoms with Gasteiger partial charge in [-0.25, -0.2) is 4.79 Å². The Hall–Kier alpha value is -1.98. The van der Waals surface area contributed by atoms with Crippen LogP contribution in [0.15, 0.2) is 59.5 Å². The predicted octanol–water partition coefficient (Wildman–Crippen LogP) is 3.70. The van der Waals surface area contributed by atoms with Crippen LogP contribution in [-0.4, -0.2) is 30.5 Å². The minimum Gasteiger partial charge on any atom is -0.396 e. The number of carbonyl (C=O) groups excluding carboxylic acids is 1. The van der Waals surface area contributed by atoms with Gasteiger partial charge in [0.1, 0.15) is 0 Å². The molecule has 5 heteroatoms. The Morgan fingerprint density at radius 2 is 1.96 bits per heavy atom. The van der Waals surface area contributed by atoms with Gasteiger partial charge < -0.3 is 15.7 Å². The maximum atomic E-state index is 12.1. The first-order valence-corrected chi connectivity index (χ1v) is 8.80. The average molecular weight is 330 g/mol. The molecule has 1 atom stereocenters. The van der Waals surface area contributed by atoms with Gasteiger partial charge in [-0.05, 0) is 36.4 Å². The molecule has 4 nitrogen and oxygen atoms in total. The molecular formula is C18H22N2O2S. The van der Waals surface area contributed by atoms with Crippen molar-refractivity contribution in [3.63, 3.8) is 0 Å². The Morgan fingerprint density at radius 3 is 2.65 bits per heavy atom. The Balaban J connectivity index is 1.91. The number of urea groups is 1. The lowest BCUT2D eigenvalue weighted by molar-refractivity contribution is 0.248. The molecular weight excluding hydrogens is 308 g/mol. The number of carbonyl (C=O) groups is 1. The van der Waals surface area contributed by atoms with Crippen LogP contribution < -0.4 is 10.6 Å². The monoisotopic (exact) mass is 330 g/mol. The van der Waals surface area contributed by atoms with Gasteiger partial charge in [0.15, 0.2) is 0 Å². The highest BCUT2D eigenvalue weighted by Crippen LogP contribution is 2.20. The number of thioether (sulfide) groups is 1. The zero-order valence-corrected chi connectivity index (χ0v) is 14.0. The minimum absolute atomic E-state index is 0.0959. The number of amides is 2. The molecule has 0 aromatic heterocycles. The SMILES string of the molecule is CSc1cccc(NC(=O)NCC(CCO)c2ccccc2)c1. The van der Waals surface area contributed by atoms with Gasteiger partial charge in [0, 0.05) is 29.7 Å². The van der Waals surface area contributed by atoms with E-state index in [1.54, 1.807) is 11.8 Å². The van der Waals surface area contributed by atoms with Crippen molar-refractivity contribution in [2.24, 2.45) is 0 Å². The lowest BCUT2D eigenvalue weighted by atomic mass is 9.96. The van der Waals surface area contributed by atoms with Crippen molar-refractivity contribution < 1.29 is 9.90 Å². The molecule has 0 aliphatic carbocycles. The molecule has 0 spiro atoms. The summed E-state index contributed by atoms with van der Waals surface area (Å²) in [4.78, 5) is 13.2. The Labute approximate surface area is 141 Å². The first kappa shape index (κ1) is 17.4. The molecule has 2 aromatic carbocycles. The van der Waals surface area contributed by atoms with E-state index in [2.05, 4.69) is 10.6 Å². The zero-order valence-electron chi connectivity index (χ0n) is 13.2. The number of aliphatic hydroxyl groups excluding tert-OH is 1. The van der Waals surface area contributed by atoms with Crippen molar-refractivity contribution in [1.82, 2.24) is 5.32 Å². The van der Waals surface area contributed by atoms with Gasteiger partial charge in [-0.1, -0.05) is 36.4 Å². The Morgan fingerprint density at radius 1 is 1.17 bits per heavy atom. The van der Waals surface area contributed by atoms with E-state index in [0.29, 0.717) is 13.0 Å². The fraction of sp³-hybridized carbons (Fsp3) is 0.278. The summed E-state index contributed by atoms with van der Waals surface area (Å²) in [6, 6.07) is 17.4. The van der Waals surface area contributed by atoms with Crippen molar-refractivity contribution in [2.75, 3.05) is 24.7 Å². The van der Waals surface area contributed by atoms with Crippen LogP contribution in [0.2, 0.25) is 0 Å². The number of rotatable bonds is 7. The third kappa shape index (κ3) is 5.62. The van der Waals surface area contributed by atoms with E-state index in [0.717, 1.165) is 16.1 Å². The normalized spacial score (nSPS) is 11.7. The van der Waals surface area contributed by atoms with E-state index in [4.69, 9.17) is 0 Å². The van der Waals surface area contributed by atoms with Crippen molar-refractivity contribution in [1.29, 1.82) is 0 Å². The molecule has 0 heterocycles. The number of benzene rings is 2. The topological polar surface area (TPSA) is 61.4 Å². The lowest BCUT2D eigenvalue weighted by Crippen LogP contribution is -2.32. The molecule has 3 N–H and O–H groups in total. The summed E-state index contributed by atoms with van der Waals surface area (Å²) >= 11 is 1.63. The zero-order chi connectivity index (χ0) is 16.5. The van der Waals surface area contributed by atoms with Crippen LogP contribution in [0, 0.1) is 0 Å². The second kappa shape index (κ2) is 9.22. The van der Waals surface area contributed by atoms with E-state index in [1.807, 2.05) is 60.9 Å². The van der Waals surface area contributed by atoms with Gasteiger partial charge in [0.05, 0.1) is 0 Å². The molecule has 1 unspecified atom stereocenters. The fourth-order valence-electron chi connectivity index (χ4n) is 2.36. The molecule has 0 bridgehead atoms. The Kier molecular flexibility index (Phi) is 6.97. The molecule has 0 fully saturated rings. The van der Waals surface area contributed by atoms with E-state index < -0.39 is 0 Å². The lowest BCUT2D eigenvalue weighted by Gasteiger charge is -2.17. The van der Waals surface area contributed by atoms with Gasteiger partial charge in [0.25, 0.3) is 0 Å². The number of aliphatic hydroxyl groups is 1. The van der Waals surface area contributed by atoms with Crippen molar-refractivity contribution in [2.45, 2.75) is 17.2 Å². The Bertz CT molecular complexity index is 619. The minimum atomic E-state index is -0.234. The quantitative estimate of drug-likeness (QED) is 0.679. The van der Waals surface area contributed by atoms with Gasteiger partial charge in [-0.3, -0.25) is 0 Å². The van der Waals surface area contributed by atoms with E-state index in [9.17, 15) is 9.90 Å². The summed E-state index contributed by atoms with van der Waals surface area (Å²) < 4.78 is 0. The highest BCUT2D eigenvalue weighted by Gasteiger charge is 2.12. The van der Waals surface area contributed by atoms with E-state index in [1.165, 1.54) is 0 Å². The second-order valence-corrected chi connectivity index (χ2v) is 6.07. The summed E-state index contributed by atoms with van der Waals surface area (Å²) in [7, 11) is 0. The third-order valence-electron chi connectivity index (χ3n) is 3.59. The third-order valence-corrected chi connectivity index (χ3v) is 4.31. The largest absolute Gasteiger partial charge is 0.396 e. The second-order valence-electron chi connectivity index (χ2n) is 5.19. The van der Waals surface area contributed by atoms with Crippen LogP contribution in [0.5, 0.6) is 0 Å². The van der Waals surface area contributed by atoms with Gasteiger partial charge in [0.2, 0.25) is 0 Å². The average Bonchev–Trinajstić information content (AvgIpc) is 2.59. The smallest absolute Gasteiger partial charge is 0.319 e. The van der Waals surface area contributed by atoms with Gasteiger partial charge in [-0.15, -0.1) is 11.8 Å². The highest BCUT2D eigenvalue weighted by molar-refractivity contribution is 7.98. The summed E-state index contributed by atoms with van der Waals surface area (Å²) in [5.41, 5.74) is 1.89. The van der Waals surface area contributed by atoms with E-state index in [-0.39, 0.29) is 18.6 Å². The van der Waals surface area contributed by atoms with Crippen LogP contribution in [0.25, 0.3) is 0 Å². The first-order chi connectivity index (χ1) is 11.2. The standard InChI is InChI=1S/C18H22N2O2S/c1-23-17-9-5-8-16(12-17)20-18(22)19-13-15(10-11-21)14-6-3-2-4-7-14/h2-9,12,15,21H,10-11,13H2,1H3,(H2,19,20,22). The maximum Gasteiger partial charge on any atom is 0.319 e. The van der Waals surface area contributed by atoms with Crippen LogP contribution in [0.4, 0.5) is 10.5 Å². The molecule has 0 radical (unpaired) electrons. The predicted molar refractivity (Wildman–Crippen MR) is 96.1 cm³/mol. The summed E-state index contributed by atoms with van der Waals surface area (Å²) in [6.45, 7) is 0.581. The molecule has 23 heavy (non-hydrogen) atoms. The van der Waals surface area contributed by atoms with Crippen LogP contribution >= 0.6 is 11.8 Å². The molecule has 0 aliphatic heterocycles. The molecule has 2 aromatic rings. The van der Waals surface area contributed by atoms with Crippen molar-refractivity contribution >= 4 is 23.5 Å². The number of nitrogens with one attached hydrogen (secondary N) is 2. The van der Waals surface area contributed by atoms with Crippen molar-refractivity contribution in [3.05, 3.63) is 60.2 Å². The fourth-order valence-corrected chi connectivity index (χ4v) is 2.82. The maximum absolute atomic E-state index is 12.1. The molecule has 0 saturated heterocycles. The number of hydrogen-bond acceptors (Lipinski definition) is 3. The summed E-state index contributed by atoms with van der Waals surface area (Å²) in [5.74, 6) is 0.101. The van der Waals surface area contributed by atoms with Crippen LogP contribution in [0.1, 0.15) is 17.9 Å². The van der Waals surface area contributed by atoms with Gasteiger partial charge in [-0.2, -0.15) is 0 Å². The number of anilines is 1. The molecule has 0 aliphatic rings.